The summed E-state index contributed by atoms with van der Waals surface area (Å²) in [6.07, 6.45) is 0. The number of amides is 1. The second-order valence-electron chi connectivity index (χ2n) is 9.08. The number of benzene rings is 3. The minimum absolute atomic E-state index is 0.0116. The van der Waals surface area contributed by atoms with Crippen LogP contribution in [0.3, 0.4) is 0 Å². The Balaban J connectivity index is 1.58. The molecule has 0 bridgehead atoms. The van der Waals surface area contributed by atoms with Gasteiger partial charge >= 0.3 is 11.9 Å². The van der Waals surface area contributed by atoms with Crippen LogP contribution in [0.5, 0.6) is 0 Å². The first kappa shape index (κ1) is 27.8. The SMILES string of the molecule is CCOC(=O)[C@@H](C(=O)C(=O)Nc1ccccc1C(=O)OC)c1nc2ccc3c(c2[nH]c1=O)C(=O)c1ccccc1C3=O. The lowest BCUT2D eigenvalue weighted by molar-refractivity contribution is -0.150. The molecule has 0 aliphatic heterocycles. The molecule has 1 aliphatic carbocycles. The lowest BCUT2D eigenvalue weighted by atomic mass is 9.83. The zero-order valence-corrected chi connectivity index (χ0v) is 22.2. The van der Waals surface area contributed by atoms with E-state index < -0.39 is 52.4 Å². The monoisotopic (exact) mass is 567 g/mol. The van der Waals surface area contributed by atoms with E-state index >= 15 is 0 Å². The number of esters is 2. The van der Waals surface area contributed by atoms with Gasteiger partial charge in [-0.15, -0.1) is 0 Å². The Bertz CT molecular complexity index is 1910. The molecule has 1 amide bonds. The van der Waals surface area contributed by atoms with E-state index in [1.165, 1.54) is 55.5 Å². The van der Waals surface area contributed by atoms with Crippen molar-refractivity contribution in [2.75, 3.05) is 19.0 Å². The molecule has 42 heavy (non-hydrogen) atoms. The number of carbonyl (C=O) groups excluding carboxylic acids is 6. The molecular formula is C30H21N3O9. The predicted octanol–water partition coefficient (Wildman–Crippen LogP) is 2.34. The van der Waals surface area contributed by atoms with Crippen LogP contribution in [0.25, 0.3) is 11.0 Å². The number of anilines is 1. The van der Waals surface area contributed by atoms with Gasteiger partial charge < -0.3 is 19.8 Å². The molecular weight excluding hydrogens is 546 g/mol. The summed E-state index contributed by atoms with van der Waals surface area (Å²) in [5.74, 6) is -7.73. The Hall–Kier alpha value is -5.78. The number of rotatable bonds is 7. The molecule has 1 heterocycles. The van der Waals surface area contributed by atoms with E-state index in [2.05, 4.69) is 20.0 Å². The van der Waals surface area contributed by atoms with Gasteiger partial charge in [0, 0.05) is 16.7 Å². The maximum absolute atomic E-state index is 13.3. The number of Topliss-reactive ketones (excluding diaryl/α,β-unsaturated/α-hetero) is 1. The van der Waals surface area contributed by atoms with Crippen molar-refractivity contribution in [1.82, 2.24) is 9.97 Å². The summed E-state index contributed by atoms with van der Waals surface area (Å²) in [6.45, 7) is 1.29. The number of fused-ring (bicyclic) bond motifs is 4. The highest BCUT2D eigenvalue weighted by Gasteiger charge is 2.39. The molecule has 12 nitrogen and oxygen atoms in total. The fourth-order valence-electron chi connectivity index (χ4n) is 4.71. The van der Waals surface area contributed by atoms with Crippen LogP contribution in [0, 0.1) is 0 Å². The summed E-state index contributed by atoms with van der Waals surface area (Å²) in [5.41, 5.74) is -1.57. The van der Waals surface area contributed by atoms with Crippen LogP contribution in [0.4, 0.5) is 5.69 Å². The zero-order valence-electron chi connectivity index (χ0n) is 22.2. The molecule has 5 rings (SSSR count). The Morgan fingerprint density at radius 1 is 0.881 bits per heavy atom. The van der Waals surface area contributed by atoms with E-state index in [1.807, 2.05) is 0 Å². The van der Waals surface area contributed by atoms with Gasteiger partial charge in [-0.25, -0.2) is 9.78 Å². The van der Waals surface area contributed by atoms with E-state index in [0.717, 1.165) is 7.11 Å². The number of nitrogens with zero attached hydrogens (tertiary/aromatic N) is 1. The average molecular weight is 568 g/mol. The molecule has 0 spiro atoms. The van der Waals surface area contributed by atoms with Gasteiger partial charge in [-0.05, 0) is 31.2 Å². The van der Waals surface area contributed by atoms with Crippen LogP contribution in [-0.4, -0.2) is 58.9 Å². The van der Waals surface area contributed by atoms with Gasteiger partial charge in [-0.3, -0.25) is 28.8 Å². The molecule has 2 N–H and O–H groups in total. The first-order valence-corrected chi connectivity index (χ1v) is 12.6. The largest absolute Gasteiger partial charge is 0.465 e. The van der Waals surface area contributed by atoms with Gasteiger partial charge in [0.05, 0.1) is 41.6 Å². The Labute approximate surface area is 236 Å². The fraction of sp³-hybridized carbons (Fsp3) is 0.133. The van der Waals surface area contributed by atoms with Crippen molar-refractivity contribution in [3.63, 3.8) is 0 Å². The number of ether oxygens (including phenoxy) is 2. The molecule has 4 aromatic rings. The molecule has 0 saturated heterocycles. The molecule has 0 fully saturated rings. The molecule has 0 unspecified atom stereocenters. The molecule has 210 valence electrons. The van der Waals surface area contributed by atoms with Gasteiger partial charge in [-0.2, -0.15) is 0 Å². The normalized spacial score (nSPS) is 12.6. The summed E-state index contributed by atoms with van der Waals surface area (Å²) in [4.78, 5) is 97.8. The van der Waals surface area contributed by atoms with Gasteiger partial charge in [0.1, 0.15) is 5.69 Å². The van der Waals surface area contributed by atoms with Gasteiger partial charge in [0.25, 0.3) is 11.5 Å². The van der Waals surface area contributed by atoms with E-state index in [9.17, 15) is 33.6 Å². The molecule has 1 atom stereocenters. The lowest BCUT2D eigenvalue weighted by Crippen LogP contribution is -2.37. The zero-order chi connectivity index (χ0) is 30.1. The molecule has 0 radical (unpaired) electrons. The van der Waals surface area contributed by atoms with Crippen molar-refractivity contribution in [2.24, 2.45) is 0 Å². The third kappa shape index (κ3) is 4.64. The predicted molar refractivity (Wildman–Crippen MR) is 146 cm³/mol. The summed E-state index contributed by atoms with van der Waals surface area (Å²) in [5, 5.41) is 2.27. The summed E-state index contributed by atoms with van der Waals surface area (Å²) in [7, 11) is 1.14. The maximum atomic E-state index is 13.3. The first-order valence-electron chi connectivity index (χ1n) is 12.6. The van der Waals surface area contributed by atoms with Crippen molar-refractivity contribution in [2.45, 2.75) is 12.8 Å². The number of para-hydroxylation sites is 1. The van der Waals surface area contributed by atoms with E-state index in [4.69, 9.17) is 4.74 Å². The second kappa shape index (κ2) is 11.0. The number of aromatic amines is 1. The van der Waals surface area contributed by atoms with Gasteiger partial charge in [0.2, 0.25) is 5.78 Å². The number of hydrogen-bond donors (Lipinski definition) is 2. The Morgan fingerprint density at radius 2 is 1.55 bits per heavy atom. The van der Waals surface area contributed by atoms with Crippen molar-refractivity contribution >= 4 is 51.9 Å². The maximum Gasteiger partial charge on any atom is 0.339 e. The summed E-state index contributed by atoms with van der Waals surface area (Å²) >= 11 is 0. The number of H-pyrrole nitrogens is 1. The van der Waals surface area contributed by atoms with Gasteiger partial charge in [0.15, 0.2) is 17.5 Å². The minimum Gasteiger partial charge on any atom is -0.465 e. The summed E-state index contributed by atoms with van der Waals surface area (Å²) in [6, 6.07) is 14.7. The van der Waals surface area contributed by atoms with E-state index in [-0.39, 0.29) is 51.1 Å². The van der Waals surface area contributed by atoms with Crippen molar-refractivity contribution in [3.8, 4) is 0 Å². The lowest BCUT2D eigenvalue weighted by Gasteiger charge is -2.19. The second-order valence-corrected chi connectivity index (χ2v) is 9.08. The van der Waals surface area contributed by atoms with E-state index in [0.29, 0.717) is 0 Å². The van der Waals surface area contributed by atoms with Gasteiger partial charge in [-0.1, -0.05) is 36.4 Å². The van der Waals surface area contributed by atoms with Crippen LogP contribution < -0.4 is 10.9 Å². The molecule has 0 saturated carbocycles. The third-order valence-electron chi connectivity index (χ3n) is 6.65. The van der Waals surface area contributed by atoms with Crippen LogP contribution in [0.2, 0.25) is 0 Å². The molecule has 12 heteroatoms. The first-order chi connectivity index (χ1) is 20.2. The fourth-order valence-corrected chi connectivity index (χ4v) is 4.71. The van der Waals surface area contributed by atoms with Crippen LogP contribution >= 0.6 is 0 Å². The Morgan fingerprint density at radius 3 is 2.24 bits per heavy atom. The highest BCUT2D eigenvalue weighted by Crippen LogP contribution is 2.31. The quantitative estimate of drug-likeness (QED) is 0.168. The highest BCUT2D eigenvalue weighted by atomic mass is 16.5. The van der Waals surface area contributed by atoms with Crippen molar-refractivity contribution < 1.29 is 38.2 Å². The topological polar surface area (TPSA) is 179 Å². The van der Waals surface area contributed by atoms with Crippen LogP contribution in [0.15, 0.2) is 65.5 Å². The average Bonchev–Trinajstić information content (AvgIpc) is 2.99. The number of methoxy groups -OCH3 is 1. The smallest absolute Gasteiger partial charge is 0.339 e. The summed E-state index contributed by atoms with van der Waals surface area (Å²) < 4.78 is 9.67. The highest BCUT2D eigenvalue weighted by molar-refractivity contribution is 6.45. The number of nitrogens with one attached hydrogen (secondary N) is 2. The van der Waals surface area contributed by atoms with Crippen LogP contribution in [-0.2, 0) is 23.9 Å². The van der Waals surface area contributed by atoms with Crippen molar-refractivity contribution in [1.29, 1.82) is 0 Å². The molecule has 1 aliphatic rings. The number of ketones is 3. The number of carbonyl (C=O) groups is 6. The molecule has 3 aromatic carbocycles. The van der Waals surface area contributed by atoms with Crippen LogP contribution in [0.1, 0.15) is 60.7 Å². The standard InChI is InChI=1S/C30H21N3O9/c1-3-42-30(40)21(26(36)28(38)32-18-11-7-6-10-16(18)29(39)41-2)23-27(37)33-22-19(31-23)13-12-17-20(22)25(35)15-9-5-4-8-14(15)24(17)34/h4-13,21H,3H2,1-2H3,(H,32,38)(H,33,37)/t21-/m1/s1. The molecule has 1 aromatic heterocycles. The Kier molecular flexibility index (Phi) is 7.28. The van der Waals surface area contributed by atoms with Crippen molar-refractivity contribution in [3.05, 3.63) is 105 Å². The third-order valence-corrected chi connectivity index (χ3v) is 6.65. The minimum atomic E-state index is -2.09. The van der Waals surface area contributed by atoms with E-state index in [1.54, 1.807) is 12.1 Å². The number of hydrogen-bond acceptors (Lipinski definition) is 10. The number of aromatic nitrogens is 2.